The van der Waals surface area contributed by atoms with E-state index < -0.39 is 0 Å². The van der Waals surface area contributed by atoms with Crippen LogP contribution in [0.4, 0.5) is 0 Å². The molecule has 0 saturated carbocycles. The van der Waals surface area contributed by atoms with E-state index in [0.29, 0.717) is 0 Å². The van der Waals surface area contributed by atoms with Crippen molar-refractivity contribution in [2.75, 3.05) is 13.6 Å². The molecule has 17 heavy (non-hydrogen) atoms. The van der Waals surface area contributed by atoms with Crippen molar-refractivity contribution in [2.45, 2.75) is 66.2 Å². The normalized spacial score (nSPS) is 11.2. The number of unbranched alkanes of at least 4 members (excludes halogenated alkanes) is 4. The summed E-state index contributed by atoms with van der Waals surface area (Å²) >= 11 is 0. The van der Waals surface area contributed by atoms with Gasteiger partial charge in [0.15, 0.2) is 0 Å². The van der Waals surface area contributed by atoms with Crippen molar-refractivity contribution in [3.05, 3.63) is 0 Å². The maximum atomic E-state index is 11.6. The van der Waals surface area contributed by atoms with E-state index in [1.807, 2.05) is 25.8 Å². The molecule has 0 spiro atoms. The molecule has 0 aliphatic carbocycles. The minimum absolute atomic E-state index is 0.131. The molecular formula is C15H31NO. The number of hydrogen-bond acceptors (Lipinski definition) is 1. The van der Waals surface area contributed by atoms with Crippen LogP contribution in [0.2, 0.25) is 0 Å². The Morgan fingerprint density at radius 3 is 2.00 bits per heavy atom. The fourth-order valence-electron chi connectivity index (χ4n) is 1.98. The van der Waals surface area contributed by atoms with E-state index in [4.69, 9.17) is 0 Å². The zero-order valence-corrected chi connectivity index (χ0v) is 12.5. The largest absolute Gasteiger partial charge is 0.346 e. The minimum Gasteiger partial charge on any atom is -0.346 e. The molecule has 0 heterocycles. The van der Waals surface area contributed by atoms with Gasteiger partial charge in [0.1, 0.15) is 0 Å². The zero-order valence-electron chi connectivity index (χ0n) is 12.5. The monoisotopic (exact) mass is 241 g/mol. The molecule has 2 nitrogen and oxygen atoms in total. The minimum atomic E-state index is 0.131. The van der Waals surface area contributed by atoms with Crippen LogP contribution in [0.15, 0.2) is 0 Å². The van der Waals surface area contributed by atoms with Crippen molar-refractivity contribution in [3.63, 3.8) is 0 Å². The third-order valence-electron chi connectivity index (χ3n) is 3.15. The molecule has 0 aliphatic heterocycles. The standard InChI is InChI=1S/C15H31NO/c1-13(2)11-9-7-6-8-10-12-16(5)15(17)14(3)4/h13-14H,6-12H2,1-5H3. The lowest BCUT2D eigenvalue weighted by Gasteiger charge is -2.19. The number of carbonyl (C=O) groups is 1. The van der Waals surface area contributed by atoms with Crippen LogP contribution in [0.25, 0.3) is 0 Å². The van der Waals surface area contributed by atoms with Crippen LogP contribution >= 0.6 is 0 Å². The lowest BCUT2D eigenvalue weighted by molar-refractivity contribution is -0.133. The molecule has 1 amide bonds. The Morgan fingerprint density at radius 1 is 0.941 bits per heavy atom. The average molecular weight is 241 g/mol. The highest BCUT2D eigenvalue weighted by molar-refractivity contribution is 5.77. The van der Waals surface area contributed by atoms with E-state index in [2.05, 4.69) is 13.8 Å². The van der Waals surface area contributed by atoms with E-state index in [9.17, 15) is 4.79 Å². The lowest BCUT2D eigenvalue weighted by atomic mass is 10.0. The molecule has 0 aliphatic rings. The summed E-state index contributed by atoms with van der Waals surface area (Å²) in [5.41, 5.74) is 0. The Kier molecular flexibility index (Phi) is 9.20. The zero-order chi connectivity index (χ0) is 13.3. The number of amides is 1. The van der Waals surface area contributed by atoms with Gasteiger partial charge in [0.05, 0.1) is 0 Å². The van der Waals surface area contributed by atoms with E-state index in [0.717, 1.165) is 18.9 Å². The summed E-state index contributed by atoms with van der Waals surface area (Å²) in [7, 11) is 1.92. The summed E-state index contributed by atoms with van der Waals surface area (Å²) < 4.78 is 0. The average Bonchev–Trinajstić information content (AvgIpc) is 2.25. The predicted octanol–water partition coefficient (Wildman–Crippen LogP) is 4.10. The van der Waals surface area contributed by atoms with Crippen molar-refractivity contribution >= 4 is 5.91 Å². The summed E-state index contributed by atoms with van der Waals surface area (Å²) in [6.45, 7) is 9.41. The highest BCUT2D eigenvalue weighted by Crippen LogP contribution is 2.11. The quantitative estimate of drug-likeness (QED) is 0.557. The van der Waals surface area contributed by atoms with Crippen LogP contribution in [0.3, 0.4) is 0 Å². The maximum Gasteiger partial charge on any atom is 0.224 e. The van der Waals surface area contributed by atoms with Gasteiger partial charge in [-0.2, -0.15) is 0 Å². The topological polar surface area (TPSA) is 20.3 Å². The molecule has 0 aromatic rings. The summed E-state index contributed by atoms with van der Waals surface area (Å²) in [5, 5.41) is 0. The van der Waals surface area contributed by atoms with E-state index in [1.54, 1.807) is 0 Å². The van der Waals surface area contributed by atoms with Crippen LogP contribution in [0.5, 0.6) is 0 Å². The molecule has 0 N–H and O–H groups in total. The Labute approximate surface area is 108 Å². The van der Waals surface area contributed by atoms with E-state index in [-0.39, 0.29) is 11.8 Å². The lowest BCUT2D eigenvalue weighted by Crippen LogP contribution is -2.31. The second-order valence-electron chi connectivity index (χ2n) is 5.86. The van der Waals surface area contributed by atoms with Crippen LogP contribution in [-0.4, -0.2) is 24.4 Å². The molecule has 0 fully saturated rings. The molecule has 0 aromatic carbocycles. The first kappa shape index (κ1) is 16.5. The van der Waals surface area contributed by atoms with Gasteiger partial charge < -0.3 is 4.90 Å². The Bertz CT molecular complexity index is 199. The number of nitrogens with zero attached hydrogens (tertiary/aromatic N) is 1. The van der Waals surface area contributed by atoms with Crippen molar-refractivity contribution in [1.82, 2.24) is 4.90 Å². The molecule has 0 atom stereocenters. The number of rotatable bonds is 9. The summed E-state index contributed by atoms with van der Waals surface area (Å²) in [6, 6.07) is 0. The highest BCUT2D eigenvalue weighted by atomic mass is 16.2. The Hall–Kier alpha value is -0.530. The molecule has 0 aromatic heterocycles. The second-order valence-corrected chi connectivity index (χ2v) is 5.86. The summed E-state index contributed by atoms with van der Waals surface area (Å²) in [4.78, 5) is 13.5. The fourth-order valence-corrected chi connectivity index (χ4v) is 1.98. The molecule has 0 bridgehead atoms. The number of carbonyl (C=O) groups excluding carboxylic acids is 1. The van der Waals surface area contributed by atoms with Gasteiger partial charge in [-0.25, -0.2) is 0 Å². The molecule has 102 valence electrons. The predicted molar refractivity (Wildman–Crippen MR) is 75.0 cm³/mol. The van der Waals surface area contributed by atoms with Gasteiger partial charge >= 0.3 is 0 Å². The molecule has 0 rings (SSSR count). The Balaban J connectivity index is 3.36. The van der Waals surface area contributed by atoms with Gasteiger partial charge in [-0.3, -0.25) is 4.79 Å². The van der Waals surface area contributed by atoms with Crippen LogP contribution in [0, 0.1) is 11.8 Å². The maximum absolute atomic E-state index is 11.6. The second kappa shape index (κ2) is 9.49. The molecular weight excluding hydrogens is 210 g/mol. The van der Waals surface area contributed by atoms with Gasteiger partial charge in [-0.1, -0.05) is 59.8 Å². The van der Waals surface area contributed by atoms with Crippen molar-refractivity contribution < 1.29 is 4.79 Å². The van der Waals surface area contributed by atoms with Crippen LogP contribution < -0.4 is 0 Å². The number of hydrogen-bond donors (Lipinski definition) is 0. The van der Waals surface area contributed by atoms with Gasteiger partial charge in [-0.15, -0.1) is 0 Å². The van der Waals surface area contributed by atoms with Crippen molar-refractivity contribution in [3.8, 4) is 0 Å². The van der Waals surface area contributed by atoms with Gasteiger partial charge in [0.25, 0.3) is 0 Å². The summed E-state index contributed by atoms with van der Waals surface area (Å²) in [6.07, 6.45) is 7.78. The third kappa shape index (κ3) is 9.20. The van der Waals surface area contributed by atoms with E-state index in [1.165, 1.54) is 32.1 Å². The van der Waals surface area contributed by atoms with Gasteiger partial charge in [-0.05, 0) is 12.3 Å². The highest BCUT2D eigenvalue weighted by Gasteiger charge is 2.11. The van der Waals surface area contributed by atoms with Gasteiger partial charge in [0, 0.05) is 19.5 Å². The van der Waals surface area contributed by atoms with Crippen LogP contribution in [-0.2, 0) is 4.79 Å². The first-order valence-electron chi connectivity index (χ1n) is 7.20. The van der Waals surface area contributed by atoms with Gasteiger partial charge in [0.2, 0.25) is 5.91 Å². The molecule has 0 unspecified atom stereocenters. The molecule has 2 heteroatoms. The fraction of sp³-hybridized carbons (Fsp3) is 0.933. The van der Waals surface area contributed by atoms with Crippen molar-refractivity contribution in [2.24, 2.45) is 11.8 Å². The summed E-state index contributed by atoms with van der Waals surface area (Å²) in [5.74, 6) is 1.24. The third-order valence-corrected chi connectivity index (χ3v) is 3.15. The first-order chi connectivity index (χ1) is 7.95. The molecule has 0 saturated heterocycles. The van der Waals surface area contributed by atoms with E-state index >= 15 is 0 Å². The SMILES string of the molecule is CC(C)CCCCCCCN(C)C(=O)C(C)C. The van der Waals surface area contributed by atoms with Crippen molar-refractivity contribution in [1.29, 1.82) is 0 Å². The van der Waals surface area contributed by atoms with Crippen LogP contribution in [0.1, 0.15) is 66.2 Å². The molecule has 0 radical (unpaired) electrons. The Morgan fingerprint density at radius 2 is 1.47 bits per heavy atom. The first-order valence-corrected chi connectivity index (χ1v) is 7.20. The smallest absolute Gasteiger partial charge is 0.224 e.